The van der Waals surface area contributed by atoms with Gasteiger partial charge in [0.1, 0.15) is 4.70 Å². The molecule has 0 unspecified atom stereocenters. The van der Waals surface area contributed by atoms with Crippen LogP contribution >= 0.6 is 11.3 Å². The maximum atomic E-state index is 13.9. The molecule has 0 bridgehead atoms. The summed E-state index contributed by atoms with van der Waals surface area (Å²) in [6, 6.07) is 15.5. The topological polar surface area (TPSA) is 34.9 Å². The average Bonchev–Trinajstić information content (AvgIpc) is 3.07. The van der Waals surface area contributed by atoms with Gasteiger partial charge in [0.25, 0.3) is 5.56 Å². The van der Waals surface area contributed by atoms with E-state index in [0.29, 0.717) is 10.2 Å². The van der Waals surface area contributed by atoms with E-state index in [-0.39, 0.29) is 17.7 Å². The van der Waals surface area contributed by atoms with Crippen LogP contribution in [0.3, 0.4) is 0 Å². The Morgan fingerprint density at radius 1 is 1.04 bits per heavy atom. The summed E-state index contributed by atoms with van der Waals surface area (Å²) in [5.74, 6) is -1.87. The summed E-state index contributed by atoms with van der Waals surface area (Å²) in [5, 5.41) is 0. The molecule has 25 heavy (non-hydrogen) atoms. The van der Waals surface area contributed by atoms with E-state index in [1.165, 1.54) is 34.4 Å². The van der Waals surface area contributed by atoms with E-state index < -0.39 is 11.6 Å². The Hall–Kier alpha value is -2.86. The first-order chi connectivity index (χ1) is 12.1. The van der Waals surface area contributed by atoms with Crippen LogP contribution < -0.4 is 5.56 Å². The van der Waals surface area contributed by atoms with E-state index in [9.17, 15) is 13.6 Å². The first kappa shape index (κ1) is 15.7. The number of rotatable bonds is 3. The fourth-order valence-corrected chi connectivity index (χ4v) is 3.72. The van der Waals surface area contributed by atoms with E-state index in [2.05, 4.69) is 4.98 Å². The zero-order chi connectivity index (χ0) is 17.4. The Kier molecular flexibility index (Phi) is 3.89. The van der Waals surface area contributed by atoms with E-state index >= 15 is 0 Å². The molecule has 4 rings (SSSR count). The van der Waals surface area contributed by atoms with Gasteiger partial charge in [-0.1, -0.05) is 42.5 Å². The molecule has 0 radical (unpaired) electrons. The van der Waals surface area contributed by atoms with Crippen molar-refractivity contribution in [2.45, 2.75) is 6.54 Å². The third-order valence-corrected chi connectivity index (χ3v) is 5.10. The summed E-state index contributed by atoms with van der Waals surface area (Å²) < 4.78 is 29.0. The highest BCUT2D eigenvalue weighted by Gasteiger charge is 2.13. The zero-order valence-corrected chi connectivity index (χ0v) is 13.8. The maximum Gasteiger partial charge on any atom is 0.271 e. The molecule has 2 aromatic carbocycles. The number of benzene rings is 2. The molecular weight excluding hydrogens is 342 g/mol. The molecule has 2 aromatic heterocycles. The minimum absolute atomic E-state index is 0.0655. The molecule has 0 aliphatic heterocycles. The minimum atomic E-state index is -0.939. The molecule has 4 aromatic rings. The SMILES string of the molecule is O=c1c2sc(-c3ccccc3)cc2ncn1Cc1cccc(F)c1F. The maximum absolute atomic E-state index is 13.9. The monoisotopic (exact) mass is 354 g/mol. The van der Waals surface area contributed by atoms with Gasteiger partial charge in [-0.15, -0.1) is 11.3 Å². The van der Waals surface area contributed by atoms with E-state index in [0.717, 1.165) is 16.5 Å². The molecule has 0 saturated carbocycles. The van der Waals surface area contributed by atoms with Crippen LogP contribution in [0.2, 0.25) is 0 Å². The van der Waals surface area contributed by atoms with Crippen molar-refractivity contribution >= 4 is 21.6 Å². The lowest BCUT2D eigenvalue weighted by Crippen LogP contribution is -2.20. The molecule has 124 valence electrons. The lowest BCUT2D eigenvalue weighted by Gasteiger charge is -2.06. The Balaban J connectivity index is 1.78. The normalized spacial score (nSPS) is 11.1. The van der Waals surface area contributed by atoms with Gasteiger partial charge in [0.2, 0.25) is 0 Å². The third-order valence-electron chi connectivity index (χ3n) is 3.93. The minimum Gasteiger partial charge on any atom is -0.293 e. The second kappa shape index (κ2) is 6.22. The van der Waals surface area contributed by atoms with Crippen molar-refractivity contribution in [1.29, 1.82) is 0 Å². The number of halogens is 2. The highest BCUT2D eigenvalue weighted by Crippen LogP contribution is 2.30. The second-order valence-corrected chi connectivity index (χ2v) is 6.63. The Labute approximate surface area is 145 Å². The van der Waals surface area contributed by atoms with E-state index in [4.69, 9.17) is 0 Å². The van der Waals surface area contributed by atoms with Crippen LogP contribution in [0, 0.1) is 11.6 Å². The predicted octanol–water partition coefficient (Wildman–Crippen LogP) is 4.45. The van der Waals surface area contributed by atoms with Gasteiger partial charge in [-0.3, -0.25) is 9.36 Å². The Morgan fingerprint density at radius 3 is 2.64 bits per heavy atom. The fourth-order valence-electron chi connectivity index (χ4n) is 2.66. The van der Waals surface area contributed by atoms with E-state index in [1.54, 1.807) is 0 Å². The third kappa shape index (κ3) is 2.85. The molecule has 6 heteroatoms. The molecule has 3 nitrogen and oxygen atoms in total. The average molecular weight is 354 g/mol. The van der Waals surface area contributed by atoms with Crippen LogP contribution in [0.25, 0.3) is 20.7 Å². The summed E-state index contributed by atoms with van der Waals surface area (Å²) >= 11 is 1.35. The zero-order valence-electron chi connectivity index (χ0n) is 12.9. The van der Waals surface area contributed by atoms with Crippen LogP contribution in [-0.2, 0) is 6.54 Å². The molecular formula is C19H12F2N2OS. The van der Waals surface area contributed by atoms with Crippen molar-refractivity contribution < 1.29 is 8.78 Å². The molecule has 0 N–H and O–H groups in total. The van der Waals surface area contributed by atoms with Crippen molar-refractivity contribution in [2.75, 3.05) is 0 Å². The second-order valence-electron chi connectivity index (χ2n) is 5.58. The molecule has 0 fully saturated rings. The number of hydrogen-bond donors (Lipinski definition) is 0. The van der Waals surface area contributed by atoms with Crippen molar-refractivity contribution in [3.05, 3.63) is 88.5 Å². The largest absolute Gasteiger partial charge is 0.293 e. The Bertz CT molecular complexity index is 1120. The first-order valence-corrected chi connectivity index (χ1v) is 8.42. The van der Waals surface area contributed by atoms with Crippen LogP contribution in [-0.4, -0.2) is 9.55 Å². The van der Waals surface area contributed by atoms with Gasteiger partial charge in [0.05, 0.1) is 18.4 Å². The molecule has 0 aliphatic carbocycles. The summed E-state index contributed by atoms with van der Waals surface area (Å²) in [4.78, 5) is 17.9. The van der Waals surface area contributed by atoms with Gasteiger partial charge < -0.3 is 0 Å². The quantitative estimate of drug-likeness (QED) is 0.545. The predicted molar refractivity (Wildman–Crippen MR) is 94.8 cm³/mol. The van der Waals surface area contributed by atoms with Gasteiger partial charge >= 0.3 is 0 Å². The summed E-state index contributed by atoms with van der Waals surface area (Å²) in [7, 11) is 0. The number of hydrogen-bond acceptors (Lipinski definition) is 3. The van der Waals surface area contributed by atoms with Gasteiger partial charge in [-0.2, -0.15) is 0 Å². The number of aromatic nitrogens is 2. The number of thiophene rings is 1. The van der Waals surface area contributed by atoms with E-state index in [1.807, 2.05) is 36.4 Å². The number of fused-ring (bicyclic) bond motifs is 1. The van der Waals surface area contributed by atoms with Crippen LogP contribution in [0.1, 0.15) is 5.56 Å². The summed E-state index contributed by atoms with van der Waals surface area (Å²) in [6.45, 7) is -0.0655. The molecule has 2 heterocycles. The molecule has 0 saturated heterocycles. The van der Waals surface area contributed by atoms with Crippen molar-refractivity contribution in [1.82, 2.24) is 9.55 Å². The summed E-state index contributed by atoms with van der Waals surface area (Å²) in [5.41, 5.74) is 1.46. The van der Waals surface area contributed by atoms with Gasteiger partial charge in [0, 0.05) is 10.4 Å². The van der Waals surface area contributed by atoms with Crippen molar-refractivity contribution in [2.24, 2.45) is 0 Å². The lowest BCUT2D eigenvalue weighted by atomic mass is 10.2. The molecule has 0 atom stereocenters. The standard InChI is InChI=1S/C19H12F2N2OS/c20-14-8-4-7-13(17(14)21)10-23-11-22-15-9-16(25-18(15)19(23)24)12-5-2-1-3-6-12/h1-9,11H,10H2. The molecule has 0 amide bonds. The number of nitrogens with zero attached hydrogens (tertiary/aromatic N) is 2. The molecule has 0 aliphatic rings. The van der Waals surface area contributed by atoms with Gasteiger partial charge in [-0.05, 0) is 17.7 Å². The van der Waals surface area contributed by atoms with Crippen LogP contribution in [0.4, 0.5) is 8.78 Å². The van der Waals surface area contributed by atoms with Crippen molar-refractivity contribution in [3.63, 3.8) is 0 Å². The highest BCUT2D eigenvalue weighted by atomic mass is 32.1. The van der Waals surface area contributed by atoms with Crippen LogP contribution in [0.15, 0.2) is 65.7 Å². The Morgan fingerprint density at radius 2 is 1.84 bits per heavy atom. The lowest BCUT2D eigenvalue weighted by molar-refractivity contribution is 0.494. The highest BCUT2D eigenvalue weighted by molar-refractivity contribution is 7.22. The fraction of sp³-hybridized carbons (Fsp3) is 0.0526. The van der Waals surface area contributed by atoms with Gasteiger partial charge in [0.15, 0.2) is 11.6 Å². The van der Waals surface area contributed by atoms with Crippen LogP contribution in [0.5, 0.6) is 0 Å². The van der Waals surface area contributed by atoms with Crippen molar-refractivity contribution in [3.8, 4) is 10.4 Å². The molecule has 0 spiro atoms. The smallest absolute Gasteiger partial charge is 0.271 e. The summed E-state index contributed by atoms with van der Waals surface area (Å²) in [6.07, 6.45) is 1.37. The first-order valence-electron chi connectivity index (χ1n) is 7.61. The van der Waals surface area contributed by atoms with Gasteiger partial charge in [-0.25, -0.2) is 13.8 Å².